The van der Waals surface area contributed by atoms with Gasteiger partial charge in [0.2, 0.25) is 0 Å². The van der Waals surface area contributed by atoms with Crippen molar-refractivity contribution in [1.82, 2.24) is 29.5 Å². The van der Waals surface area contributed by atoms with Crippen LogP contribution < -0.4 is 5.32 Å². The molecule has 110 valence electrons. The van der Waals surface area contributed by atoms with Gasteiger partial charge < -0.3 is 5.32 Å². The molecule has 4 rings (SSSR count). The molecule has 7 nitrogen and oxygen atoms in total. The van der Waals surface area contributed by atoms with Crippen molar-refractivity contribution in [3.8, 4) is 0 Å². The van der Waals surface area contributed by atoms with Crippen LogP contribution in [0.5, 0.6) is 0 Å². The molecule has 0 aliphatic carbocycles. The molecule has 0 amide bonds. The number of aryl methyl sites for hydroxylation is 2. The van der Waals surface area contributed by atoms with Gasteiger partial charge in [-0.15, -0.1) is 21.5 Å². The Morgan fingerprint density at radius 2 is 2.14 bits per heavy atom. The van der Waals surface area contributed by atoms with Gasteiger partial charge in [-0.25, -0.2) is 15.0 Å². The van der Waals surface area contributed by atoms with Crippen molar-refractivity contribution in [3.05, 3.63) is 41.1 Å². The lowest BCUT2D eigenvalue weighted by atomic mass is 10.3. The molecule has 0 aromatic carbocycles. The molecule has 0 radical (unpaired) electrons. The predicted molar refractivity (Wildman–Crippen MR) is 85.0 cm³/mol. The molecule has 4 aromatic rings. The summed E-state index contributed by atoms with van der Waals surface area (Å²) in [5.74, 6) is 2.24. The maximum absolute atomic E-state index is 4.39. The summed E-state index contributed by atoms with van der Waals surface area (Å²) in [4.78, 5) is 13.9. The van der Waals surface area contributed by atoms with E-state index in [1.54, 1.807) is 17.7 Å². The number of hydrogen-bond acceptors (Lipinski definition) is 7. The fourth-order valence-corrected chi connectivity index (χ4v) is 3.24. The molecule has 0 fully saturated rings. The highest BCUT2D eigenvalue weighted by Gasteiger charge is 2.11. The summed E-state index contributed by atoms with van der Waals surface area (Å²) in [7, 11) is 0. The monoisotopic (exact) mass is 311 g/mol. The highest BCUT2D eigenvalue weighted by atomic mass is 32.1. The summed E-state index contributed by atoms with van der Waals surface area (Å²) in [5, 5.41) is 14.7. The van der Waals surface area contributed by atoms with Crippen LogP contribution in [0, 0.1) is 13.8 Å². The van der Waals surface area contributed by atoms with E-state index in [4.69, 9.17) is 0 Å². The third-order valence-corrected chi connectivity index (χ3v) is 4.26. The molecule has 22 heavy (non-hydrogen) atoms. The van der Waals surface area contributed by atoms with Crippen molar-refractivity contribution in [2.75, 3.05) is 5.32 Å². The Morgan fingerprint density at radius 3 is 3.05 bits per heavy atom. The normalized spacial score (nSPS) is 11.4. The number of rotatable bonds is 3. The van der Waals surface area contributed by atoms with Gasteiger partial charge in [0.15, 0.2) is 5.82 Å². The minimum absolute atomic E-state index is 0.523. The third-order valence-electron chi connectivity index (χ3n) is 3.44. The van der Waals surface area contributed by atoms with Crippen molar-refractivity contribution >= 4 is 33.1 Å². The standard InChI is InChI=1S/C14H13N7S/c1-8-5-9(2)21-11(19-20-14(21)18-8)6-15-12-10-3-4-22-13(10)17-7-16-12/h3-5,7H,6H2,1-2H3,(H,15,16,17). The number of fused-ring (bicyclic) bond motifs is 2. The zero-order chi connectivity index (χ0) is 15.1. The molecular formula is C14H13N7S. The van der Waals surface area contributed by atoms with Crippen LogP contribution in [0.15, 0.2) is 23.8 Å². The first-order chi connectivity index (χ1) is 10.7. The Labute approximate surface area is 130 Å². The lowest BCUT2D eigenvalue weighted by Crippen LogP contribution is -2.08. The molecule has 0 atom stereocenters. The molecule has 4 aromatic heterocycles. The predicted octanol–water partition coefficient (Wildman–Crippen LogP) is 2.36. The second-order valence-electron chi connectivity index (χ2n) is 5.01. The number of nitrogens with zero attached hydrogens (tertiary/aromatic N) is 6. The quantitative estimate of drug-likeness (QED) is 0.625. The number of anilines is 1. The second-order valence-corrected chi connectivity index (χ2v) is 5.90. The zero-order valence-corrected chi connectivity index (χ0v) is 12.9. The summed E-state index contributed by atoms with van der Waals surface area (Å²) >= 11 is 1.60. The molecular weight excluding hydrogens is 298 g/mol. The van der Waals surface area contributed by atoms with E-state index in [1.807, 2.05) is 35.8 Å². The molecule has 0 bridgehead atoms. The first-order valence-electron chi connectivity index (χ1n) is 6.83. The lowest BCUT2D eigenvalue weighted by molar-refractivity contribution is 0.888. The van der Waals surface area contributed by atoms with E-state index in [0.717, 1.165) is 33.2 Å². The fraction of sp³-hybridized carbons (Fsp3) is 0.214. The average molecular weight is 311 g/mol. The van der Waals surface area contributed by atoms with Crippen molar-refractivity contribution in [1.29, 1.82) is 0 Å². The molecule has 8 heteroatoms. The van der Waals surface area contributed by atoms with Gasteiger partial charge in [0.05, 0.1) is 11.9 Å². The van der Waals surface area contributed by atoms with Crippen LogP contribution in [0.25, 0.3) is 16.0 Å². The smallest absolute Gasteiger partial charge is 0.255 e. The molecule has 1 N–H and O–H groups in total. The van der Waals surface area contributed by atoms with Crippen LogP contribution >= 0.6 is 11.3 Å². The first-order valence-corrected chi connectivity index (χ1v) is 7.70. The Bertz CT molecular complexity index is 972. The van der Waals surface area contributed by atoms with Crippen molar-refractivity contribution < 1.29 is 0 Å². The van der Waals surface area contributed by atoms with Crippen LogP contribution in [0.2, 0.25) is 0 Å². The SMILES string of the molecule is Cc1cc(C)n2c(CNc3ncnc4sccc34)nnc2n1. The molecule has 0 saturated carbocycles. The molecule has 0 saturated heterocycles. The fourth-order valence-electron chi connectivity index (χ4n) is 2.51. The minimum Gasteiger partial charge on any atom is -0.362 e. The van der Waals surface area contributed by atoms with Crippen LogP contribution in [-0.2, 0) is 6.54 Å². The molecule has 0 aliphatic rings. The molecule has 0 spiro atoms. The van der Waals surface area contributed by atoms with E-state index in [9.17, 15) is 0 Å². The number of hydrogen-bond donors (Lipinski definition) is 1. The largest absolute Gasteiger partial charge is 0.362 e. The van der Waals surface area contributed by atoms with E-state index in [1.165, 1.54) is 0 Å². The average Bonchev–Trinajstić information content (AvgIpc) is 3.11. The number of aromatic nitrogens is 6. The van der Waals surface area contributed by atoms with Gasteiger partial charge >= 0.3 is 0 Å². The van der Waals surface area contributed by atoms with Gasteiger partial charge in [0.1, 0.15) is 17.0 Å². The van der Waals surface area contributed by atoms with E-state index >= 15 is 0 Å². The Morgan fingerprint density at radius 1 is 1.23 bits per heavy atom. The summed E-state index contributed by atoms with van der Waals surface area (Å²) in [5.41, 5.74) is 2.00. The van der Waals surface area contributed by atoms with E-state index in [2.05, 4.69) is 30.5 Å². The highest BCUT2D eigenvalue weighted by Crippen LogP contribution is 2.24. The maximum Gasteiger partial charge on any atom is 0.255 e. The Balaban J connectivity index is 1.68. The Hall–Kier alpha value is -2.61. The first kappa shape index (κ1) is 13.1. The van der Waals surface area contributed by atoms with Gasteiger partial charge in [-0.05, 0) is 31.4 Å². The zero-order valence-electron chi connectivity index (χ0n) is 12.1. The third kappa shape index (κ3) is 2.08. The molecule has 0 unspecified atom stereocenters. The summed E-state index contributed by atoms with van der Waals surface area (Å²) in [6.07, 6.45) is 1.57. The van der Waals surface area contributed by atoms with E-state index < -0.39 is 0 Å². The molecule has 0 aliphatic heterocycles. The van der Waals surface area contributed by atoms with Crippen LogP contribution in [-0.4, -0.2) is 29.5 Å². The highest BCUT2D eigenvalue weighted by molar-refractivity contribution is 7.16. The van der Waals surface area contributed by atoms with Gasteiger partial charge in [-0.1, -0.05) is 0 Å². The van der Waals surface area contributed by atoms with Gasteiger partial charge in [-0.2, -0.15) is 0 Å². The van der Waals surface area contributed by atoms with Crippen molar-refractivity contribution in [2.24, 2.45) is 0 Å². The summed E-state index contributed by atoms with van der Waals surface area (Å²) in [6, 6.07) is 4.03. The van der Waals surface area contributed by atoms with Crippen molar-refractivity contribution in [2.45, 2.75) is 20.4 Å². The number of thiophene rings is 1. The van der Waals surface area contributed by atoms with Gasteiger partial charge in [-0.3, -0.25) is 4.40 Å². The maximum atomic E-state index is 4.39. The Kier molecular flexibility index (Phi) is 2.97. The van der Waals surface area contributed by atoms with E-state index in [0.29, 0.717) is 12.3 Å². The second kappa shape index (κ2) is 4.99. The number of nitrogens with one attached hydrogen (secondary N) is 1. The van der Waals surface area contributed by atoms with Crippen molar-refractivity contribution in [3.63, 3.8) is 0 Å². The van der Waals surface area contributed by atoms with Crippen LogP contribution in [0.3, 0.4) is 0 Å². The minimum atomic E-state index is 0.523. The topological polar surface area (TPSA) is 80.9 Å². The van der Waals surface area contributed by atoms with Crippen LogP contribution in [0.4, 0.5) is 5.82 Å². The lowest BCUT2D eigenvalue weighted by Gasteiger charge is -2.07. The summed E-state index contributed by atoms with van der Waals surface area (Å²) < 4.78 is 1.95. The summed E-state index contributed by atoms with van der Waals surface area (Å²) in [6.45, 7) is 4.50. The van der Waals surface area contributed by atoms with Gasteiger partial charge in [0.25, 0.3) is 5.78 Å². The van der Waals surface area contributed by atoms with E-state index in [-0.39, 0.29) is 0 Å². The van der Waals surface area contributed by atoms with Crippen LogP contribution in [0.1, 0.15) is 17.2 Å². The molecule has 4 heterocycles. The van der Waals surface area contributed by atoms with Gasteiger partial charge in [0, 0.05) is 11.4 Å².